The topological polar surface area (TPSA) is 71.3 Å². The molecule has 20 heavy (non-hydrogen) atoms. The monoisotopic (exact) mass is 340 g/mol. The average Bonchev–Trinajstić information content (AvgIpc) is 3.00. The van der Waals surface area contributed by atoms with Crippen LogP contribution in [0.2, 0.25) is 0 Å². The quantitative estimate of drug-likeness (QED) is 0.884. The van der Waals surface area contributed by atoms with E-state index in [1.807, 2.05) is 16.8 Å². The predicted molar refractivity (Wildman–Crippen MR) is 76.6 cm³/mol. The molecule has 0 saturated heterocycles. The number of rotatable bonds is 4. The molecule has 0 aliphatic heterocycles. The van der Waals surface area contributed by atoms with Crippen LogP contribution in [-0.2, 0) is 4.79 Å². The number of nitrogens with one attached hydrogen (secondary N) is 1. The smallest absolute Gasteiger partial charge is 0.306 e. The first-order valence-electron chi connectivity index (χ1n) is 6.95. The molecular formula is C14H17BrN2O3. The summed E-state index contributed by atoms with van der Waals surface area (Å²) in [5, 5.41) is 12.0. The van der Waals surface area contributed by atoms with Gasteiger partial charge in [0.05, 0.1) is 5.92 Å². The molecule has 1 aromatic rings. The van der Waals surface area contributed by atoms with Crippen molar-refractivity contribution in [2.24, 2.45) is 5.92 Å². The summed E-state index contributed by atoms with van der Waals surface area (Å²) >= 11 is 3.41. The van der Waals surface area contributed by atoms with E-state index in [0.717, 1.165) is 23.7 Å². The minimum atomic E-state index is -0.758. The summed E-state index contributed by atoms with van der Waals surface area (Å²) < 4.78 is 2.92. The van der Waals surface area contributed by atoms with E-state index in [1.54, 1.807) is 0 Å². The van der Waals surface area contributed by atoms with Crippen molar-refractivity contribution in [3.8, 4) is 0 Å². The lowest BCUT2D eigenvalue weighted by Crippen LogP contribution is -2.34. The van der Waals surface area contributed by atoms with Crippen molar-refractivity contribution in [2.75, 3.05) is 0 Å². The maximum Gasteiger partial charge on any atom is 0.306 e. The van der Waals surface area contributed by atoms with Crippen LogP contribution in [-0.4, -0.2) is 27.6 Å². The standard InChI is InChI=1S/C14H17BrN2O3/c15-9-6-12(17(7-9)11-3-4-11)13(18)16-10-2-1-8(5-10)14(19)20/h6-8,10-11H,1-5H2,(H,16,18)(H,19,20)/t8-,10+/m1/s1. The van der Waals surface area contributed by atoms with Crippen LogP contribution in [0.25, 0.3) is 0 Å². The van der Waals surface area contributed by atoms with Crippen LogP contribution in [0.3, 0.4) is 0 Å². The van der Waals surface area contributed by atoms with Gasteiger partial charge in [-0.15, -0.1) is 0 Å². The molecule has 0 unspecified atom stereocenters. The summed E-state index contributed by atoms with van der Waals surface area (Å²) in [4.78, 5) is 23.3. The first kappa shape index (κ1) is 13.7. The average molecular weight is 341 g/mol. The highest BCUT2D eigenvalue weighted by Crippen LogP contribution is 2.37. The largest absolute Gasteiger partial charge is 0.481 e. The van der Waals surface area contributed by atoms with Crippen molar-refractivity contribution in [3.05, 3.63) is 22.4 Å². The first-order valence-corrected chi connectivity index (χ1v) is 7.75. The van der Waals surface area contributed by atoms with Gasteiger partial charge in [0.1, 0.15) is 5.69 Å². The van der Waals surface area contributed by atoms with Crippen LogP contribution in [0.5, 0.6) is 0 Å². The third-order valence-electron chi connectivity index (χ3n) is 4.11. The number of carboxylic acids is 1. The number of carboxylic acid groups (broad SMARTS) is 1. The molecule has 0 spiro atoms. The molecule has 108 valence electrons. The molecule has 2 aliphatic rings. The second-order valence-corrected chi connectivity index (χ2v) is 6.62. The number of amides is 1. The van der Waals surface area contributed by atoms with E-state index >= 15 is 0 Å². The highest BCUT2D eigenvalue weighted by Gasteiger charge is 2.32. The number of nitrogens with zero attached hydrogens (tertiary/aromatic N) is 1. The van der Waals surface area contributed by atoms with E-state index in [9.17, 15) is 9.59 Å². The molecule has 2 saturated carbocycles. The number of aliphatic carboxylic acids is 1. The Balaban J connectivity index is 1.66. The Labute approximate surface area is 125 Å². The SMILES string of the molecule is O=C(N[C@H]1CC[C@@H](C(=O)O)C1)c1cc(Br)cn1C1CC1. The highest BCUT2D eigenvalue weighted by atomic mass is 79.9. The van der Waals surface area contributed by atoms with Gasteiger partial charge < -0.3 is 15.0 Å². The Bertz CT molecular complexity index is 551. The normalized spacial score (nSPS) is 25.6. The first-order chi connectivity index (χ1) is 9.54. The summed E-state index contributed by atoms with van der Waals surface area (Å²) in [6.07, 6.45) is 6.10. The van der Waals surface area contributed by atoms with Crippen LogP contribution < -0.4 is 5.32 Å². The fraction of sp³-hybridized carbons (Fsp3) is 0.571. The summed E-state index contributed by atoms with van der Waals surface area (Å²) in [5.41, 5.74) is 0.665. The van der Waals surface area contributed by atoms with Gasteiger partial charge in [0, 0.05) is 22.8 Å². The Morgan fingerprint density at radius 3 is 2.65 bits per heavy atom. The molecule has 2 aliphatic carbocycles. The van der Waals surface area contributed by atoms with Crippen molar-refractivity contribution < 1.29 is 14.7 Å². The van der Waals surface area contributed by atoms with Gasteiger partial charge in [0.25, 0.3) is 5.91 Å². The van der Waals surface area contributed by atoms with Crippen LogP contribution in [0, 0.1) is 5.92 Å². The molecule has 0 radical (unpaired) electrons. The summed E-state index contributed by atoms with van der Waals surface area (Å²) in [6.45, 7) is 0. The molecule has 6 heteroatoms. The molecule has 1 heterocycles. The lowest BCUT2D eigenvalue weighted by molar-refractivity contribution is -0.141. The lowest BCUT2D eigenvalue weighted by Gasteiger charge is -2.14. The summed E-state index contributed by atoms with van der Waals surface area (Å²) in [7, 11) is 0. The minimum Gasteiger partial charge on any atom is -0.481 e. The molecule has 2 N–H and O–H groups in total. The van der Waals surface area contributed by atoms with Crippen molar-refractivity contribution in [1.82, 2.24) is 9.88 Å². The van der Waals surface area contributed by atoms with E-state index < -0.39 is 5.97 Å². The lowest BCUT2D eigenvalue weighted by atomic mass is 10.1. The number of hydrogen-bond donors (Lipinski definition) is 2. The van der Waals surface area contributed by atoms with Crippen LogP contribution >= 0.6 is 15.9 Å². The zero-order valence-electron chi connectivity index (χ0n) is 11.0. The highest BCUT2D eigenvalue weighted by molar-refractivity contribution is 9.10. The minimum absolute atomic E-state index is 0.0232. The van der Waals surface area contributed by atoms with Crippen molar-refractivity contribution in [1.29, 1.82) is 0 Å². The molecule has 5 nitrogen and oxygen atoms in total. The fourth-order valence-corrected chi connectivity index (χ4v) is 3.32. The van der Waals surface area contributed by atoms with Crippen molar-refractivity contribution >= 4 is 27.8 Å². The van der Waals surface area contributed by atoms with Gasteiger partial charge in [0.15, 0.2) is 0 Å². The van der Waals surface area contributed by atoms with Gasteiger partial charge in [-0.25, -0.2) is 0 Å². The molecule has 3 rings (SSSR count). The van der Waals surface area contributed by atoms with Gasteiger partial charge in [0.2, 0.25) is 0 Å². The van der Waals surface area contributed by atoms with Crippen molar-refractivity contribution in [3.63, 3.8) is 0 Å². The summed E-state index contributed by atoms with van der Waals surface area (Å²) in [5.74, 6) is -1.17. The van der Waals surface area contributed by atoms with E-state index in [4.69, 9.17) is 5.11 Å². The van der Waals surface area contributed by atoms with E-state index in [2.05, 4.69) is 21.2 Å². The Kier molecular flexibility index (Phi) is 3.58. The zero-order chi connectivity index (χ0) is 14.3. The molecule has 2 fully saturated rings. The second kappa shape index (κ2) is 5.24. The molecule has 2 atom stereocenters. The maximum absolute atomic E-state index is 12.3. The Morgan fingerprint density at radius 1 is 1.30 bits per heavy atom. The van der Waals surface area contributed by atoms with Gasteiger partial charge in [-0.3, -0.25) is 9.59 Å². The molecule has 1 aromatic heterocycles. The number of carbonyl (C=O) groups excluding carboxylic acids is 1. The van der Waals surface area contributed by atoms with E-state index in [1.165, 1.54) is 0 Å². The third kappa shape index (κ3) is 2.75. The van der Waals surface area contributed by atoms with Gasteiger partial charge in [-0.05, 0) is 54.1 Å². The van der Waals surface area contributed by atoms with Crippen LogP contribution in [0.15, 0.2) is 16.7 Å². The van der Waals surface area contributed by atoms with E-state index in [-0.39, 0.29) is 17.9 Å². The fourth-order valence-electron chi connectivity index (χ4n) is 2.88. The predicted octanol–water partition coefficient (Wildman–Crippen LogP) is 2.57. The number of halogens is 1. The second-order valence-electron chi connectivity index (χ2n) is 5.70. The summed E-state index contributed by atoms with van der Waals surface area (Å²) in [6, 6.07) is 2.25. The number of carbonyl (C=O) groups is 2. The Morgan fingerprint density at radius 2 is 2.05 bits per heavy atom. The van der Waals surface area contributed by atoms with Gasteiger partial charge >= 0.3 is 5.97 Å². The third-order valence-corrected chi connectivity index (χ3v) is 4.54. The van der Waals surface area contributed by atoms with Crippen molar-refractivity contribution in [2.45, 2.75) is 44.2 Å². The van der Waals surface area contributed by atoms with Gasteiger partial charge in [-0.1, -0.05) is 0 Å². The maximum atomic E-state index is 12.3. The molecule has 0 bridgehead atoms. The van der Waals surface area contributed by atoms with Crippen LogP contribution in [0.4, 0.5) is 0 Å². The number of aromatic nitrogens is 1. The molecule has 0 aromatic carbocycles. The molecular weight excluding hydrogens is 324 g/mol. The van der Waals surface area contributed by atoms with E-state index in [0.29, 0.717) is 24.6 Å². The van der Waals surface area contributed by atoms with Gasteiger partial charge in [-0.2, -0.15) is 0 Å². The number of hydrogen-bond acceptors (Lipinski definition) is 2. The Hall–Kier alpha value is -1.30. The zero-order valence-corrected chi connectivity index (χ0v) is 12.6. The van der Waals surface area contributed by atoms with Crippen LogP contribution in [0.1, 0.15) is 48.6 Å². The molecule has 1 amide bonds.